The summed E-state index contributed by atoms with van der Waals surface area (Å²) in [5.74, 6) is 0.708. The third kappa shape index (κ3) is 8.11. The molecule has 2 saturated heterocycles. The zero-order valence-corrected chi connectivity index (χ0v) is 21.2. The highest BCUT2D eigenvalue weighted by atomic mass is 32.2. The first-order chi connectivity index (χ1) is 16.9. The van der Waals surface area contributed by atoms with Crippen molar-refractivity contribution in [1.82, 2.24) is 41.6 Å². The number of carbonyl (C=O) groups excluding carboxylic acids is 4. The SMILES string of the molecule is CNC(=O)C(C)n1cc(CCCC(=O)NCCNC(=O)CCCC[C@@H]2SC[C@@H]3NC(=O)N[C@@H]32)nn1. The molecule has 2 aliphatic heterocycles. The molecule has 5 N–H and O–H groups in total. The van der Waals surface area contributed by atoms with Crippen LogP contribution < -0.4 is 26.6 Å². The van der Waals surface area contributed by atoms with Crippen LogP contribution in [0.25, 0.3) is 0 Å². The lowest BCUT2D eigenvalue weighted by Crippen LogP contribution is -2.36. The Hall–Kier alpha value is -2.83. The minimum absolute atomic E-state index is 0.0129. The Morgan fingerprint density at radius 3 is 2.57 bits per heavy atom. The van der Waals surface area contributed by atoms with Gasteiger partial charge in [0.1, 0.15) is 6.04 Å². The summed E-state index contributed by atoms with van der Waals surface area (Å²) >= 11 is 1.88. The van der Waals surface area contributed by atoms with Crippen LogP contribution in [0.1, 0.15) is 57.2 Å². The van der Waals surface area contributed by atoms with E-state index < -0.39 is 6.04 Å². The molecule has 0 saturated carbocycles. The van der Waals surface area contributed by atoms with Gasteiger partial charge >= 0.3 is 6.03 Å². The lowest BCUT2D eigenvalue weighted by Gasteiger charge is -2.16. The Kier molecular flexibility index (Phi) is 10.2. The van der Waals surface area contributed by atoms with Crippen molar-refractivity contribution >= 4 is 35.5 Å². The van der Waals surface area contributed by atoms with Gasteiger partial charge in [0, 0.05) is 50.2 Å². The molecule has 1 aromatic heterocycles. The molecule has 2 aliphatic rings. The molecule has 35 heavy (non-hydrogen) atoms. The van der Waals surface area contributed by atoms with Gasteiger partial charge in [-0.05, 0) is 32.6 Å². The molecule has 3 heterocycles. The topological polar surface area (TPSA) is 159 Å². The summed E-state index contributed by atoms with van der Waals surface area (Å²) in [6.07, 6.45) is 6.48. The summed E-state index contributed by atoms with van der Waals surface area (Å²) in [5, 5.41) is 22.6. The van der Waals surface area contributed by atoms with Crippen LogP contribution in [0.3, 0.4) is 0 Å². The highest BCUT2D eigenvalue weighted by molar-refractivity contribution is 8.00. The fourth-order valence-corrected chi connectivity index (χ4v) is 5.77. The molecule has 4 atom stereocenters. The Labute approximate surface area is 209 Å². The molecule has 0 bridgehead atoms. The highest BCUT2D eigenvalue weighted by Crippen LogP contribution is 2.33. The first-order valence-corrected chi connectivity index (χ1v) is 13.3. The first-order valence-electron chi connectivity index (χ1n) is 12.2. The third-order valence-electron chi connectivity index (χ3n) is 6.27. The number of likely N-dealkylation sites (N-methyl/N-ethyl adjacent to an activating group) is 1. The van der Waals surface area contributed by atoms with Crippen molar-refractivity contribution in [3.63, 3.8) is 0 Å². The molecule has 0 spiro atoms. The van der Waals surface area contributed by atoms with E-state index in [0.29, 0.717) is 44.0 Å². The van der Waals surface area contributed by atoms with E-state index in [2.05, 4.69) is 36.9 Å². The summed E-state index contributed by atoms with van der Waals surface area (Å²) < 4.78 is 1.51. The molecule has 194 valence electrons. The molecule has 0 radical (unpaired) electrons. The minimum Gasteiger partial charge on any atom is -0.357 e. The number of urea groups is 1. The van der Waals surface area contributed by atoms with Gasteiger partial charge in [-0.2, -0.15) is 11.8 Å². The number of rotatable bonds is 14. The van der Waals surface area contributed by atoms with Gasteiger partial charge in [0.2, 0.25) is 17.7 Å². The van der Waals surface area contributed by atoms with Crippen molar-refractivity contribution in [3.8, 4) is 0 Å². The number of carbonyl (C=O) groups is 4. The Bertz CT molecular complexity index is 895. The van der Waals surface area contributed by atoms with Gasteiger partial charge in [-0.25, -0.2) is 9.48 Å². The minimum atomic E-state index is -0.437. The average Bonchev–Trinajstić information content (AvgIpc) is 3.55. The summed E-state index contributed by atoms with van der Waals surface area (Å²) in [6, 6.07) is -0.0742. The Morgan fingerprint density at radius 1 is 1.14 bits per heavy atom. The van der Waals surface area contributed by atoms with Crippen molar-refractivity contribution in [1.29, 1.82) is 0 Å². The number of nitrogens with zero attached hydrogens (tertiary/aromatic N) is 3. The predicted octanol–water partition coefficient (Wildman–Crippen LogP) is -0.134. The standard InChI is InChI=1S/C22H36N8O4S/c1-14(21(33)23-2)30-12-15(28-29-30)6-5-9-19(32)25-11-10-24-18(31)8-4-3-7-17-20-16(13-35-17)26-22(34)27-20/h12,14,16-17,20H,3-11,13H2,1-2H3,(H,23,33)(H,24,31)(H,25,32)(H2,26,27,34)/t14?,16-,17-,20-/m0/s1. The zero-order chi connectivity index (χ0) is 25.2. The number of fused-ring (bicyclic) bond motifs is 1. The average molecular weight is 509 g/mol. The van der Waals surface area contributed by atoms with Crippen LogP contribution in [0.5, 0.6) is 0 Å². The Morgan fingerprint density at radius 2 is 1.86 bits per heavy atom. The van der Waals surface area contributed by atoms with Gasteiger partial charge in [0.15, 0.2) is 0 Å². The summed E-state index contributed by atoms with van der Waals surface area (Å²) in [6.45, 7) is 2.53. The normalized spacial score (nSPS) is 21.5. The molecule has 2 fully saturated rings. The van der Waals surface area contributed by atoms with Crippen LogP contribution in [-0.2, 0) is 20.8 Å². The van der Waals surface area contributed by atoms with Crippen molar-refractivity contribution in [3.05, 3.63) is 11.9 Å². The number of nitrogens with one attached hydrogen (secondary N) is 5. The number of amides is 5. The van der Waals surface area contributed by atoms with Crippen molar-refractivity contribution in [2.75, 3.05) is 25.9 Å². The molecule has 13 heteroatoms. The maximum Gasteiger partial charge on any atom is 0.315 e. The lowest BCUT2D eigenvalue weighted by atomic mass is 10.0. The van der Waals surface area contributed by atoms with Crippen LogP contribution in [0, 0.1) is 0 Å². The van der Waals surface area contributed by atoms with Gasteiger partial charge in [0.05, 0.1) is 17.8 Å². The molecule has 1 aromatic rings. The van der Waals surface area contributed by atoms with Gasteiger partial charge in [-0.15, -0.1) is 5.10 Å². The first kappa shape index (κ1) is 26.8. The van der Waals surface area contributed by atoms with E-state index in [1.165, 1.54) is 4.68 Å². The summed E-state index contributed by atoms with van der Waals surface area (Å²) in [4.78, 5) is 47.1. The maximum absolute atomic E-state index is 12.0. The smallest absolute Gasteiger partial charge is 0.315 e. The van der Waals surface area contributed by atoms with Crippen molar-refractivity contribution in [2.45, 2.75) is 75.2 Å². The quantitative estimate of drug-likeness (QED) is 0.173. The van der Waals surface area contributed by atoms with Crippen molar-refractivity contribution < 1.29 is 19.2 Å². The van der Waals surface area contributed by atoms with Gasteiger partial charge in [-0.3, -0.25) is 14.4 Å². The molecule has 3 rings (SSSR count). The van der Waals surface area contributed by atoms with E-state index in [-0.39, 0.29) is 35.8 Å². The maximum atomic E-state index is 12.0. The molecular weight excluding hydrogens is 472 g/mol. The van der Waals surface area contributed by atoms with Crippen LogP contribution in [-0.4, -0.2) is 82.0 Å². The molecular formula is C22H36N8O4S. The van der Waals surface area contributed by atoms with Gasteiger partial charge in [-0.1, -0.05) is 11.6 Å². The fourth-order valence-electron chi connectivity index (χ4n) is 4.23. The zero-order valence-electron chi connectivity index (χ0n) is 20.3. The predicted molar refractivity (Wildman–Crippen MR) is 132 cm³/mol. The number of thioether (sulfide) groups is 1. The molecule has 5 amide bonds. The monoisotopic (exact) mass is 508 g/mol. The van der Waals surface area contributed by atoms with Crippen LogP contribution in [0.4, 0.5) is 4.79 Å². The summed E-state index contributed by atoms with van der Waals surface area (Å²) in [5.41, 5.74) is 0.733. The summed E-state index contributed by atoms with van der Waals surface area (Å²) in [7, 11) is 1.57. The van der Waals surface area contributed by atoms with Gasteiger partial charge in [0.25, 0.3) is 0 Å². The molecule has 12 nitrogen and oxygen atoms in total. The molecule has 1 unspecified atom stereocenters. The fraction of sp³-hybridized carbons (Fsp3) is 0.727. The van der Waals surface area contributed by atoms with E-state index in [1.54, 1.807) is 20.2 Å². The number of hydrogen-bond acceptors (Lipinski definition) is 7. The number of aryl methyl sites for hydroxylation is 1. The highest BCUT2D eigenvalue weighted by Gasteiger charge is 2.42. The number of unbranched alkanes of at least 4 members (excludes halogenated alkanes) is 1. The molecule has 0 aromatic carbocycles. The van der Waals surface area contributed by atoms with E-state index in [1.807, 2.05) is 11.8 Å². The lowest BCUT2D eigenvalue weighted by molar-refractivity contribution is -0.123. The van der Waals surface area contributed by atoms with E-state index in [4.69, 9.17) is 0 Å². The second-order valence-electron chi connectivity index (χ2n) is 8.90. The number of aromatic nitrogens is 3. The van der Waals surface area contributed by atoms with Gasteiger partial charge < -0.3 is 26.6 Å². The largest absolute Gasteiger partial charge is 0.357 e. The molecule has 0 aliphatic carbocycles. The van der Waals surface area contributed by atoms with Crippen LogP contribution >= 0.6 is 11.8 Å². The van der Waals surface area contributed by atoms with E-state index in [0.717, 1.165) is 30.7 Å². The third-order valence-corrected chi connectivity index (χ3v) is 7.78. The number of hydrogen-bond donors (Lipinski definition) is 5. The van der Waals surface area contributed by atoms with Crippen LogP contribution in [0.2, 0.25) is 0 Å². The van der Waals surface area contributed by atoms with Crippen LogP contribution in [0.15, 0.2) is 6.20 Å². The second kappa shape index (κ2) is 13.3. The second-order valence-corrected chi connectivity index (χ2v) is 10.2. The van der Waals surface area contributed by atoms with E-state index >= 15 is 0 Å². The van der Waals surface area contributed by atoms with Crippen molar-refractivity contribution in [2.24, 2.45) is 0 Å². The Balaban J connectivity index is 1.18. The van der Waals surface area contributed by atoms with E-state index in [9.17, 15) is 19.2 Å².